The van der Waals surface area contributed by atoms with Crippen LogP contribution in [-0.4, -0.2) is 84.5 Å². The van der Waals surface area contributed by atoms with Crippen LogP contribution < -0.4 is 19.7 Å². The monoisotopic (exact) mass is 506 g/mol. The molecule has 196 valence electrons. The fourth-order valence-electron chi connectivity index (χ4n) is 4.33. The van der Waals surface area contributed by atoms with E-state index in [2.05, 4.69) is 51.2 Å². The number of rotatable bonds is 9. The summed E-state index contributed by atoms with van der Waals surface area (Å²) < 4.78 is 10.6. The number of ether oxygens (including phenoxy) is 2. The molecule has 10 nitrogen and oxygen atoms in total. The molecule has 0 spiro atoms. The predicted octanol–water partition coefficient (Wildman–Crippen LogP) is 4.23. The molecule has 0 radical (unpaired) electrons. The van der Waals surface area contributed by atoms with Crippen LogP contribution in [0, 0.1) is 0 Å². The van der Waals surface area contributed by atoms with Crippen LogP contribution in [0.1, 0.15) is 12.5 Å². The van der Waals surface area contributed by atoms with E-state index in [0.29, 0.717) is 23.2 Å². The Balaban J connectivity index is 1.44. The van der Waals surface area contributed by atoms with Crippen LogP contribution in [0.4, 0.5) is 27.9 Å². The Hall–Kier alpha value is -3.89. The lowest BCUT2D eigenvalue weighted by molar-refractivity contribution is 0.106. The largest absolute Gasteiger partial charge is 0.497 e. The quantitative estimate of drug-likeness (QED) is 0.441. The van der Waals surface area contributed by atoms with Gasteiger partial charge in [-0.15, -0.1) is 0 Å². The Bertz CT molecular complexity index is 1210. The van der Waals surface area contributed by atoms with Crippen molar-refractivity contribution in [3.8, 4) is 11.5 Å². The van der Waals surface area contributed by atoms with Crippen LogP contribution in [0.25, 0.3) is 0 Å². The van der Waals surface area contributed by atoms with Crippen molar-refractivity contribution in [2.75, 3.05) is 57.7 Å². The molecule has 3 aromatic rings. The zero-order chi connectivity index (χ0) is 26.4. The second-order valence-corrected chi connectivity index (χ2v) is 9.10. The molecule has 0 aliphatic carbocycles. The molecule has 4 rings (SSSR count). The van der Waals surface area contributed by atoms with E-state index in [1.165, 1.54) is 32.0 Å². The number of carboxylic acid groups (broad SMARTS) is 1. The number of methoxy groups -OCH3 is 2. The van der Waals surface area contributed by atoms with Gasteiger partial charge in [-0.3, -0.25) is 0 Å². The van der Waals surface area contributed by atoms with Crippen molar-refractivity contribution in [1.29, 1.82) is 0 Å². The summed E-state index contributed by atoms with van der Waals surface area (Å²) in [5.41, 5.74) is 2.40. The van der Waals surface area contributed by atoms with Crippen LogP contribution in [0.15, 0.2) is 54.7 Å². The molecule has 1 aliphatic heterocycles. The van der Waals surface area contributed by atoms with Crippen molar-refractivity contribution >= 4 is 29.2 Å². The van der Waals surface area contributed by atoms with E-state index in [0.717, 1.165) is 43.2 Å². The summed E-state index contributed by atoms with van der Waals surface area (Å²) in [6.45, 7) is 6.61. The van der Waals surface area contributed by atoms with Gasteiger partial charge in [-0.2, -0.15) is 4.98 Å². The highest BCUT2D eigenvalue weighted by atomic mass is 16.5. The maximum Gasteiger partial charge on any atom is 0.417 e. The Morgan fingerprint density at radius 1 is 1.14 bits per heavy atom. The van der Waals surface area contributed by atoms with Crippen molar-refractivity contribution in [3.63, 3.8) is 0 Å². The summed E-state index contributed by atoms with van der Waals surface area (Å²) in [4.78, 5) is 26.9. The summed E-state index contributed by atoms with van der Waals surface area (Å²) in [6, 6.07) is 15.2. The van der Waals surface area contributed by atoms with E-state index in [1.54, 1.807) is 18.2 Å². The molecule has 10 heteroatoms. The minimum atomic E-state index is -1.20. The van der Waals surface area contributed by atoms with Gasteiger partial charge in [-0.05, 0) is 50.2 Å². The normalized spacial score (nSPS) is 16.3. The number of piperazine rings is 1. The molecule has 1 fully saturated rings. The molecule has 2 N–H and O–H groups in total. The lowest BCUT2D eigenvalue weighted by atomic mass is 10.1. The number of benzene rings is 2. The van der Waals surface area contributed by atoms with Crippen LogP contribution in [0.5, 0.6) is 11.5 Å². The van der Waals surface area contributed by atoms with Gasteiger partial charge in [0.1, 0.15) is 17.3 Å². The van der Waals surface area contributed by atoms with Crippen molar-refractivity contribution < 1.29 is 19.4 Å². The topological polar surface area (TPSA) is 103 Å². The minimum absolute atomic E-state index is 0.187. The molecule has 1 aliphatic rings. The first-order chi connectivity index (χ1) is 17.9. The van der Waals surface area contributed by atoms with E-state index in [9.17, 15) is 9.90 Å². The molecule has 1 saturated heterocycles. The Morgan fingerprint density at radius 3 is 2.59 bits per heavy atom. The number of likely N-dealkylation sites (N-methyl/N-ethyl adjacent to an activating group) is 1. The zero-order valence-corrected chi connectivity index (χ0v) is 21.7. The number of nitrogens with one attached hydrogen (secondary N) is 1. The maximum absolute atomic E-state index is 12.2. The summed E-state index contributed by atoms with van der Waals surface area (Å²) in [7, 11) is 5.19. The lowest BCUT2D eigenvalue weighted by Crippen LogP contribution is -2.50. The summed E-state index contributed by atoms with van der Waals surface area (Å²) in [5, 5.41) is 13.1. The molecule has 1 atom stereocenters. The molecule has 1 amide bonds. The van der Waals surface area contributed by atoms with Crippen molar-refractivity contribution in [3.05, 3.63) is 60.3 Å². The molecule has 0 saturated carbocycles. The van der Waals surface area contributed by atoms with Crippen LogP contribution in [-0.2, 0) is 6.42 Å². The molecule has 2 heterocycles. The molecular weight excluding hydrogens is 472 g/mol. The molecular formula is C27H34N6O4. The number of aromatic nitrogens is 2. The zero-order valence-electron chi connectivity index (χ0n) is 21.7. The van der Waals surface area contributed by atoms with E-state index in [4.69, 9.17) is 9.47 Å². The predicted molar refractivity (Wildman–Crippen MR) is 144 cm³/mol. The fourth-order valence-corrected chi connectivity index (χ4v) is 4.33. The van der Waals surface area contributed by atoms with Gasteiger partial charge in [-0.25, -0.2) is 14.7 Å². The SMILES string of the molecule is COc1ccc(N(C(=O)O)c2ccnc(Nc3ccc(CCN4CCN(C)C(C)C4)cc3)n2)c(OC)c1. The first-order valence-electron chi connectivity index (χ1n) is 12.2. The van der Waals surface area contributed by atoms with Gasteiger partial charge in [0.05, 0.1) is 19.9 Å². The van der Waals surface area contributed by atoms with Gasteiger partial charge in [-0.1, -0.05) is 12.1 Å². The Kier molecular flexibility index (Phi) is 8.42. The third-order valence-electron chi connectivity index (χ3n) is 6.66. The second-order valence-electron chi connectivity index (χ2n) is 9.10. The molecule has 37 heavy (non-hydrogen) atoms. The standard InChI is InChI=1S/C27H34N6O4/c1-19-18-32(16-15-31(19)2)14-12-20-5-7-21(8-6-20)29-26-28-13-11-25(30-26)33(27(34)35)23-10-9-22(36-3)17-24(23)37-4/h5-11,13,17,19H,12,14-16,18H2,1-4H3,(H,34,35)(H,28,29,30). The molecule has 0 bridgehead atoms. The highest BCUT2D eigenvalue weighted by Crippen LogP contribution is 2.36. The van der Waals surface area contributed by atoms with Crippen LogP contribution in [0.2, 0.25) is 0 Å². The number of hydrogen-bond acceptors (Lipinski definition) is 8. The number of amides is 1. The van der Waals surface area contributed by atoms with Gasteiger partial charge in [0, 0.05) is 56.2 Å². The summed E-state index contributed by atoms with van der Waals surface area (Å²) in [6.07, 6.45) is 1.30. The maximum atomic E-state index is 12.2. The number of carbonyl (C=O) groups is 1. The van der Waals surface area contributed by atoms with Crippen molar-refractivity contribution in [1.82, 2.24) is 19.8 Å². The number of anilines is 4. The summed E-state index contributed by atoms with van der Waals surface area (Å²) >= 11 is 0. The highest BCUT2D eigenvalue weighted by Gasteiger charge is 2.23. The van der Waals surface area contributed by atoms with Gasteiger partial charge in [0.2, 0.25) is 5.95 Å². The van der Waals surface area contributed by atoms with E-state index >= 15 is 0 Å². The summed E-state index contributed by atoms with van der Waals surface area (Å²) in [5.74, 6) is 1.37. The van der Waals surface area contributed by atoms with Gasteiger partial charge < -0.3 is 29.7 Å². The molecule has 1 unspecified atom stereocenters. The fraction of sp³-hybridized carbons (Fsp3) is 0.370. The Morgan fingerprint density at radius 2 is 1.92 bits per heavy atom. The van der Waals surface area contributed by atoms with Crippen molar-refractivity contribution in [2.24, 2.45) is 0 Å². The average Bonchev–Trinajstić information content (AvgIpc) is 2.90. The van der Waals surface area contributed by atoms with Crippen LogP contribution >= 0.6 is 0 Å². The Labute approximate surface area is 217 Å². The molecule has 2 aromatic carbocycles. The number of hydrogen-bond donors (Lipinski definition) is 2. The average molecular weight is 507 g/mol. The van der Waals surface area contributed by atoms with Gasteiger partial charge >= 0.3 is 6.09 Å². The third kappa shape index (κ3) is 6.46. The van der Waals surface area contributed by atoms with Gasteiger partial charge in [0.15, 0.2) is 0 Å². The first kappa shape index (κ1) is 26.2. The smallest absolute Gasteiger partial charge is 0.417 e. The molecule has 1 aromatic heterocycles. The minimum Gasteiger partial charge on any atom is -0.497 e. The van der Waals surface area contributed by atoms with Gasteiger partial charge in [0.25, 0.3) is 0 Å². The van der Waals surface area contributed by atoms with E-state index in [-0.39, 0.29) is 11.8 Å². The first-order valence-corrected chi connectivity index (χ1v) is 12.2. The highest BCUT2D eigenvalue weighted by molar-refractivity contribution is 5.95. The lowest BCUT2D eigenvalue weighted by Gasteiger charge is -2.37. The van der Waals surface area contributed by atoms with E-state index < -0.39 is 6.09 Å². The van der Waals surface area contributed by atoms with Crippen molar-refractivity contribution in [2.45, 2.75) is 19.4 Å². The second kappa shape index (κ2) is 11.9. The number of nitrogens with zero attached hydrogens (tertiary/aromatic N) is 5. The van der Waals surface area contributed by atoms with E-state index in [1.807, 2.05) is 12.1 Å². The van der Waals surface area contributed by atoms with Crippen LogP contribution in [0.3, 0.4) is 0 Å². The third-order valence-corrected chi connectivity index (χ3v) is 6.66.